The lowest BCUT2D eigenvalue weighted by atomic mass is 9.93. The van der Waals surface area contributed by atoms with Gasteiger partial charge in [-0.2, -0.15) is 0 Å². The molecule has 1 heterocycles. The molecular formula is C17H23NO5. The van der Waals surface area contributed by atoms with E-state index in [2.05, 4.69) is 0 Å². The molecule has 6 heteroatoms. The zero-order valence-electron chi connectivity index (χ0n) is 13.6. The largest absolute Gasteiger partial charge is 0.469 e. The van der Waals surface area contributed by atoms with Crippen LogP contribution < -0.4 is 0 Å². The number of nitrogens with zero attached hydrogens (tertiary/aromatic N) is 1. The highest BCUT2D eigenvalue weighted by atomic mass is 16.6. The third-order valence-electron chi connectivity index (χ3n) is 4.04. The van der Waals surface area contributed by atoms with E-state index in [0.29, 0.717) is 26.0 Å². The standard InChI is InChI=1S/C17H23NO5/c1-21-12-15-9-8-14(16(19)22-2)10-18(15)17(20)23-11-13-6-4-3-5-7-13/h3-7,14-15H,8-12H2,1-2H3/t14-,15+/m1/s1. The minimum absolute atomic E-state index is 0.0795. The first kappa shape index (κ1) is 17.3. The fraction of sp³-hybridized carbons (Fsp3) is 0.529. The van der Waals surface area contributed by atoms with E-state index in [4.69, 9.17) is 14.2 Å². The lowest BCUT2D eigenvalue weighted by Gasteiger charge is -2.37. The average Bonchev–Trinajstić information content (AvgIpc) is 2.60. The summed E-state index contributed by atoms with van der Waals surface area (Å²) in [7, 11) is 2.96. The van der Waals surface area contributed by atoms with Crippen LogP contribution in [0, 0.1) is 5.92 Å². The molecule has 23 heavy (non-hydrogen) atoms. The van der Waals surface area contributed by atoms with Gasteiger partial charge in [0.2, 0.25) is 0 Å². The molecule has 1 amide bonds. The third kappa shape index (κ3) is 4.69. The monoisotopic (exact) mass is 321 g/mol. The molecule has 126 valence electrons. The number of benzene rings is 1. The molecule has 0 aromatic heterocycles. The Bertz CT molecular complexity index is 519. The van der Waals surface area contributed by atoms with Crippen LogP contribution in [0.5, 0.6) is 0 Å². The van der Waals surface area contributed by atoms with Crippen molar-refractivity contribution in [3.63, 3.8) is 0 Å². The van der Waals surface area contributed by atoms with Gasteiger partial charge in [0.25, 0.3) is 0 Å². The normalized spacial score (nSPS) is 20.9. The number of hydrogen-bond donors (Lipinski definition) is 0. The average molecular weight is 321 g/mol. The minimum atomic E-state index is -0.426. The molecule has 1 aliphatic rings. The third-order valence-corrected chi connectivity index (χ3v) is 4.04. The van der Waals surface area contributed by atoms with Crippen LogP contribution in [-0.4, -0.2) is 50.4 Å². The lowest BCUT2D eigenvalue weighted by molar-refractivity contribution is -0.147. The Hall–Kier alpha value is -2.08. The SMILES string of the molecule is COC[C@@H]1CC[C@@H](C(=O)OC)CN1C(=O)OCc1ccccc1. The van der Waals surface area contributed by atoms with Crippen molar-refractivity contribution >= 4 is 12.1 Å². The summed E-state index contributed by atoms with van der Waals surface area (Å²) in [6, 6.07) is 9.41. The Labute approximate surface area is 136 Å². The summed E-state index contributed by atoms with van der Waals surface area (Å²) < 4.78 is 15.4. The van der Waals surface area contributed by atoms with E-state index < -0.39 is 6.09 Å². The van der Waals surface area contributed by atoms with Crippen LogP contribution in [-0.2, 0) is 25.6 Å². The van der Waals surface area contributed by atoms with Crippen LogP contribution in [0.2, 0.25) is 0 Å². The van der Waals surface area contributed by atoms with Crippen LogP contribution >= 0.6 is 0 Å². The van der Waals surface area contributed by atoms with E-state index in [0.717, 1.165) is 5.56 Å². The van der Waals surface area contributed by atoms with Gasteiger partial charge in [-0.25, -0.2) is 4.79 Å². The zero-order chi connectivity index (χ0) is 16.7. The van der Waals surface area contributed by atoms with Crippen LogP contribution in [0.3, 0.4) is 0 Å². The second-order valence-electron chi connectivity index (χ2n) is 5.60. The molecule has 1 aromatic carbocycles. The molecule has 1 saturated heterocycles. The summed E-state index contributed by atoms with van der Waals surface area (Å²) in [6.45, 7) is 0.932. The highest BCUT2D eigenvalue weighted by Crippen LogP contribution is 2.24. The summed E-state index contributed by atoms with van der Waals surface area (Å²) in [5.41, 5.74) is 0.922. The minimum Gasteiger partial charge on any atom is -0.469 e. The molecule has 2 atom stereocenters. The van der Waals surface area contributed by atoms with Gasteiger partial charge in [0, 0.05) is 13.7 Å². The quantitative estimate of drug-likeness (QED) is 0.778. The van der Waals surface area contributed by atoms with Crippen LogP contribution in [0.4, 0.5) is 4.79 Å². The van der Waals surface area contributed by atoms with Crippen molar-refractivity contribution in [3.8, 4) is 0 Å². The number of carbonyl (C=O) groups excluding carboxylic acids is 2. The summed E-state index contributed by atoms with van der Waals surface area (Å²) in [4.78, 5) is 25.7. The topological polar surface area (TPSA) is 65.1 Å². The maximum Gasteiger partial charge on any atom is 0.410 e. The number of rotatable bonds is 5. The molecule has 1 aliphatic heterocycles. The van der Waals surface area contributed by atoms with Gasteiger partial charge in [-0.05, 0) is 18.4 Å². The Morgan fingerprint density at radius 1 is 1.17 bits per heavy atom. The molecule has 2 rings (SSSR count). The second-order valence-corrected chi connectivity index (χ2v) is 5.60. The number of esters is 1. The van der Waals surface area contributed by atoms with Gasteiger partial charge in [0.05, 0.1) is 25.7 Å². The zero-order valence-corrected chi connectivity index (χ0v) is 13.6. The van der Waals surface area contributed by atoms with Crippen molar-refractivity contribution in [1.29, 1.82) is 0 Å². The fourth-order valence-electron chi connectivity index (χ4n) is 2.78. The first-order valence-electron chi connectivity index (χ1n) is 7.69. The molecule has 0 aliphatic carbocycles. The van der Waals surface area contributed by atoms with E-state index in [9.17, 15) is 9.59 Å². The number of hydrogen-bond acceptors (Lipinski definition) is 5. The van der Waals surface area contributed by atoms with E-state index in [1.54, 1.807) is 12.0 Å². The van der Waals surface area contributed by atoms with Crippen molar-refractivity contribution in [2.75, 3.05) is 27.4 Å². The summed E-state index contributed by atoms with van der Waals surface area (Å²) in [5.74, 6) is -0.598. The first-order chi connectivity index (χ1) is 11.2. The maximum atomic E-state index is 12.4. The molecule has 0 N–H and O–H groups in total. The van der Waals surface area contributed by atoms with Crippen LogP contribution in [0.1, 0.15) is 18.4 Å². The highest BCUT2D eigenvalue weighted by Gasteiger charge is 2.36. The van der Waals surface area contributed by atoms with Gasteiger partial charge in [-0.1, -0.05) is 30.3 Å². The van der Waals surface area contributed by atoms with Gasteiger partial charge in [-0.3, -0.25) is 4.79 Å². The Morgan fingerprint density at radius 3 is 2.57 bits per heavy atom. The summed E-state index contributed by atoms with van der Waals surface area (Å²) >= 11 is 0. The predicted octanol–water partition coefficient (Wildman–Crippen LogP) is 2.22. The second kappa shape index (κ2) is 8.53. The number of ether oxygens (including phenoxy) is 3. The van der Waals surface area contributed by atoms with Crippen molar-refractivity contribution in [3.05, 3.63) is 35.9 Å². The fourth-order valence-corrected chi connectivity index (χ4v) is 2.78. The Kier molecular flexibility index (Phi) is 6.40. The molecule has 1 aromatic rings. The molecule has 0 spiro atoms. The molecule has 0 unspecified atom stereocenters. The molecular weight excluding hydrogens is 298 g/mol. The summed E-state index contributed by atoms with van der Waals surface area (Å²) in [6.07, 6.45) is 0.946. The van der Waals surface area contributed by atoms with Gasteiger partial charge in [0.1, 0.15) is 6.61 Å². The van der Waals surface area contributed by atoms with Gasteiger partial charge in [0.15, 0.2) is 0 Å². The molecule has 0 bridgehead atoms. The Balaban J connectivity index is 1.98. The van der Waals surface area contributed by atoms with Crippen molar-refractivity contribution in [2.24, 2.45) is 5.92 Å². The summed E-state index contributed by atoms with van der Waals surface area (Å²) in [5, 5.41) is 0. The van der Waals surface area contributed by atoms with Gasteiger partial charge >= 0.3 is 12.1 Å². The van der Waals surface area contributed by atoms with Crippen LogP contribution in [0.15, 0.2) is 30.3 Å². The highest BCUT2D eigenvalue weighted by molar-refractivity contribution is 5.75. The molecule has 0 radical (unpaired) electrons. The van der Waals surface area contributed by atoms with Crippen LogP contribution in [0.25, 0.3) is 0 Å². The van der Waals surface area contributed by atoms with Crippen molar-refractivity contribution in [2.45, 2.75) is 25.5 Å². The van der Waals surface area contributed by atoms with Crippen molar-refractivity contribution < 1.29 is 23.8 Å². The number of methoxy groups -OCH3 is 2. The number of likely N-dealkylation sites (tertiary alicyclic amines) is 1. The van der Waals surface area contributed by atoms with E-state index in [1.165, 1.54) is 7.11 Å². The molecule has 0 saturated carbocycles. The van der Waals surface area contributed by atoms with E-state index in [-0.39, 0.29) is 24.5 Å². The van der Waals surface area contributed by atoms with Gasteiger partial charge in [-0.15, -0.1) is 0 Å². The number of carbonyl (C=O) groups is 2. The van der Waals surface area contributed by atoms with E-state index in [1.807, 2.05) is 30.3 Å². The smallest absolute Gasteiger partial charge is 0.410 e. The Morgan fingerprint density at radius 2 is 1.91 bits per heavy atom. The maximum absolute atomic E-state index is 12.4. The molecule has 6 nitrogen and oxygen atoms in total. The number of piperidine rings is 1. The lowest BCUT2D eigenvalue weighted by Crippen LogP contribution is -2.50. The number of amides is 1. The first-order valence-corrected chi connectivity index (χ1v) is 7.69. The predicted molar refractivity (Wildman–Crippen MR) is 83.7 cm³/mol. The van der Waals surface area contributed by atoms with E-state index >= 15 is 0 Å². The van der Waals surface area contributed by atoms with Crippen molar-refractivity contribution in [1.82, 2.24) is 4.90 Å². The van der Waals surface area contributed by atoms with Gasteiger partial charge < -0.3 is 19.1 Å². The molecule has 1 fully saturated rings.